The number of rotatable bonds is 8. The summed E-state index contributed by atoms with van der Waals surface area (Å²) in [6, 6.07) is 20.6. The zero-order valence-electron chi connectivity index (χ0n) is 15.9. The minimum atomic E-state index is -0.386. The fourth-order valence-corrected chi connectivity index (χ4v) is 2.86. The molecule has 148 valence electrons. The van der Waals surface area contributed by atoms with E-state index in [2.05, 4.69) is 5.32 Å². The highest BCUT2D eigenvalue weighted by Crippen LogP contribution is 2.24. The van der Waals surface area contributed by atoms with Crippen molar-refractivity contribution in [3.63, 3.8) is 0 Å². The van der Waals surface area contributed by atoms with Gasteiger partial charge in [-0.25, -0.2) is 0 Å². The molecule has 1 amide bonds. The number of ether oxygens (including phenoxy) is 2. The molecule has 0 aliphatic carbocycles. The van der Waals surface area contributed by atoms with E-state index in [0.717, 1.165) is 5.75 Å². The molecule has 5 nitrogen and oxygen atoms in total. The van der Waals surface area contributed by atoms with Gasteiger partial charge in [0.25, 0.3) is 5.91 Å². The van der Waals surface area contributed by atoms with Crippen LogP contribution in [0.3, 0.4) is 0 Å². The molecule has 0 aromatic heterocycles. The molecule has 6 heteroatoms. The number of carbonyl (C=O) groups is 2. The van der Waals surface area contributed by atoms with Crippen molar-refractivity contribution in [2.24, 2.45) is 0 Å². The van der Waals surface area contributed by atoms with Crippen molar-refractivity contribution in [1.82, 2.24) is 0 Å². The number of hydrogen-bond donors (Lipinski definition) is 1. The SMILES string of the molecule is CCOc1ccc(OCC(=O)Nc2ccc(Cl)cc2C(=O)c2ccccc2)cc1. The topological polar surface area (TPSA) is 64.6 Å². The van der Waals surface area contributed by atoms with Crippen LogP contribution in [0, 0.1) is 0 Å². The van der Waals surface area contributed by atoms with E-state index in [9.17, 15) is 9.59 Å². The highest BCUT2D eigenvalue weighted by molar-refractivity contribution is 6.31. The van der Waals surface area contributed by atoms with Gasteiger partial charge in [0.1, 0.15) is 11.5 Å². The van der Waals surface area contributed by atoms with Crippen LogP contribution in [0.1, 0.15) is 22.8 Å². The van der Waals surface area contributed by atoms with Gasteiger partial charge in [-0.2, -0.15) is 0 Å². The molecular formula is C23H20ClNO4. The van der Waals surface area contributed by atoms with Crippen LogP contribution in [0.15, 0.2) is 72.8 Å². The number of benzene rings is 3. The highest BCUT2D eigenvalue weighted by Gasteiger charge is 2.16. The van der Waals surface area contributed by atoms with E-state index in [1.807, 2.05) is 13.0 Å². The number of amides is 1. The number of hydrogen-bond acceptors (Lipinski definition) is 4. The fourth-order valence-electron chi connectivity index (χ4n) is 2.69. The zero-order valence-corrected chi connectivity index (χ0v) is 16.6. The first kappa shape index (κ1) is 20.4. The summed E-state index contributed by atoms with van der Waals surface area (Å²) in [5.41, 5.74) is 1.21. The van der Waals surface area contributed by atoms with E-state index in [-0.39, 0.29) is 18.3 Å². The van der Waals surface area contributed by atoms with Crippen LogP contribution in [0.5, 0.6) is 11.5 Å². The molecule has 0 saturated carbocycles. The number of nitrogens with one attached hydrogen (secondary N) is 1. The Hall–Kier alpha value is -3.31. The van der Waals surface area contributed by atoms with E-state index in [1.54, 1.807) is 66.7 Å². The molecule has 3 rings (SSSR count). The number of carbonyl (C=O) groups excluding carboxylic acids is 2. The van der Waals surface area contributed by atoms with Crippen LogP contribution < -0.4 is 14.8 Å². The van der Waals surface area contributed by atoms with Crippen molar-refractivity contribution in [2.75, 3.05) is 18.5 Å². The standard InChI is InChI=1S/C23H20ClNO4/c1-2-28-18-9-11-19(12-10-18)29-15-22(26)25-21-13-8-17(24)14-20(21)23(27)16-6-4-3-5-7-16/h3-14H,2,15H2,1H3,(H,25,26). The van der Waals surface area contributed by atoms with Crippen LogP contribution in [-0.4, -0.2) is 24.9 Å². The first-order valence-electron chi connectivity index (χ1n) is 9.11. The fraction of sp³-hybridized carbons (Fsp3) is 0.130. The third-order valence-electron chi connectivity index (χ3n) is 4.04. The van der Waals surface area contributed by atoms with Crippen molar-refractivity contribution in [3.05, 3.63) is 88.9 Å². The van der Waals surface area contributed by atoms with Gasteiger partial charge in [0.05, 0.1) is 12.3 Å². The number of halogens is 1. The Labute approximate surface area is 174 Å². The quantitative estimate of drug-likeness (QED) is 0.532. The molecule has 0 saturated heterocycles. The van der Waals surface area contributed by atoms with Crippen LogP contribution in [0.2, 0.25) is 5.02 Å². The Bertz CT molecular complexity index is 988. The summed E-state index contributed by atoms with van der Waals surface area (Å²) in [7, 11) is 0. The molecule has 29 heavy (non-hydrogen) atoms. The number of anilines is 1. The summed E-state index contributed by atoms with van der Waals surface area (Å²) in [6.45, 7) is 2.28. The van der Waals surface area contributed by atoms with Crippen molar-refractivity contribution < 1.29 is 19.1 Å². The van der Waals surface area contributed by atoms with Gasteiger partial charge in [-0.1, -0.05) is 41.9 Å². The van der Waals surface area contributed by atoms with Gasteiger partial charge in [-0.3, -0.25) is 9.59 Å². The first-order chi connectivity index (χ1) is 14.1. The van der Waals surface area contributed by atoms with E-state index in [1.165, 1.54) is 0 Å². The molecule has 0 aliphatic rings. The van der Waals surface area contributed by atoms with Crippen LogP contribution in [-0.2, 0) is 4.79 Å². The molecule has 0 spiro atoms. The largest absolute Gasteiger partial charge is 0.494 e. The van der Waals surface area contributed by atoms with Crippen molar-refractivity contribution in [2.45, 2.75) is 6.92 Å². The minimum absolute atomic E-state index is 0.199. The predicted molar refractivity (Wildman–Crippen MR) is 113 cm³/mol. The highest BCUT2D eigenvalue weighted by atomic mass is 35.5. The average Bonchev–Trinajstić information content (AvgIpc) is 2.75. The average molecular weight is 410 g/mol. The van der Waals surface area contributed by atoms with Crippen molar-refractivity contribution >= 4 is 29.0 Å². The number of ketones is 1. The van der Waals surface area contributed by atoms with E-state index in [4.69, 9.17) is 21.1 Å². The Kier molecular flexibility index (Phi) is 6.87. The van der Waals surface area contributed by atoms with Crippen LogP contribution >= 0.6 is 11.6 Å². The summed E-state index contributed by atoms with van der Waals surface area (Å²) >= 11 is 6.06. The van der Waals surface area contributed by atoms with Gasteiger partial charge in [-0.15, -0.1) is 0 Å². The van der Waals surface area contributed by atoms with Gasteiger partial charge < -0.3 is 14.8 Å². The van der Waals surface area contributed by atoms with Gasteiger partial charge in [0.15, 0.2) is 12.4 Å². The molecular weight excluding hydrogens is 390 g/mol. The predicted octanol–water partition coefficient (Wildman–Crippen LogP) is 4.99. The lowest BCUT2D eigenvalue weighted by molar-refractivity contribution is -0.118. The molecule has 0 unspecified atom stereocenters. The summed E-state index contributed by atoms with van der Waals surface area (Å²) in [6.07, 6.45) is 0. The third kappa shape index (κ3) is 5.59. The van der Waals surface area contributed by atoms with E-state index < -0.39 is 0 Å². The Morgan fingerprint density at radius 1 is 0.897 bits per heavy atom. The lowest BCUT2D eigenvalue weighted by Gasteiger charge is -2.12. The Morgan fingerprint density at radius 3 is 2.21 bits per heavy atom. The summed E-state index contributed by atoms with van der Waals surface area (Å²) < 4.78 is 10.9. The molecule has 0 heterocycles. The molecule has 0 atom stereocenters. The maximum absolute atomic E-state index is 12.8. The normalized spacial score (nSPS) is 10.3. The summed E-state index contributed by atoms with van der Waals surface area (Å²) in [5.74, 6) is 0.661. The molecule has 0 bridgehead atoms. The monoisotopic (exact) mass is 409 g/mol. The van der Waals surface area contributed by atoms with Crippen LogP contribution in [0.25, 0.3) is 0 Å². The lowest BCUT2D eigenvalue weighted by atomic mass is 10.0. The van der Waals surface area contributed by atoms with E-state index >= 15 is 0 Å². The van der Waals surface area contributed by atoms with Gasteiger partial charge in [0.2, 0.25) is 0 Å². The Morgan fingerprint density at radius 2 is 1.55 bits per heavy atom. The summed E-state index contributed by atoms with van der Waals surface area (Å²) in [4.78, 5) is 25.2. The third-order valence-corrected chi connectivity index (χ3v) is 4.28. The summed E-state index contributed by atoms with van der Waals surface area (Å²) in [5, 5.41) is 3.13. The molecule has 0 fully saturated rings. The first-order valence-corrected chi connectivity index (χ1v) is 9.49. The molecule has 3 aromatic rings. The second-order valence-electron chi connectivity index (χ2n) is 6.13. The molecule has 1 N–H and O–H groups in total. The van der Waals surface area contributed by atoms with Crippen molar-refractivity contribution in [1.29, 1.82) is 0 Å². The molecule has 3 aromatic carbocycles. The maximum atomic E-state index is 12.8. The Balaban J connectivity index is 1.68. The lowest BCUT2D eigenvalue weighted by Crippen LogP contribution is -2.21. The van der Waals surface area contributed by atoms with Crippen molar-refractivity contribution in [3.8, 4) is 11.5 Å². The van der Waals surface area contributed by atoms with Gasteiger partial charge >= 0.3 is 0 Å². The maximum Gasteiger partial charge on any atom is 0.262 e. The van der Waals surface area contributed by atoms with Crippen LogP contribution in [0.4, 0.5) is 5.69 Å². The minimum Gasteiger partial charge on any atom is -0.494 e. The second kappa shape index (κ2) is 9.75. The smallest absolute Gasteiger partial charge is 0.262 e. The van der Waals surface area contributed by atoms with Gasteiger partial charge in [-0.05, 0) is 49.4 Å². The molecule has 0 radical (unpaired) electrons. The van der Waals surface area contributed by atoms with E-state index in [0.29, 0.717) is 34.2 Å². The second-order valence-corrected chi connectivity index (χ2v) is 6.56. The zero-order chi connectivity index (χ0) is 20.6. The van der Waals surface area contributed by atoms with Gasteiger partial charge in [0, 0.05) is 16.1 Å². The molecule has 0 aliphatic heterocycles.